The second-order valence-electron chi connectivity index (χ2n) is 7.91. The molecular weight excluding hydrogens is 352 g/mol. The van der Waals surface area contributed by atoms with Crippen molar-refractivity contribution < 1.29 is 19.1 Å². The number of hydrogen-bond acceptors (Lipinski definition) is 4. The fourth-order valence-electron chi connectivity index (χ4n) is 3.01. The Hall–Kier alpha value is -1.84. The van der Waals surface area contributed by atoms with Gasteiger partial charge < -0.3 is 9.47 Å². The van der Waals surface area contributed by atoms with Gasteiger partial charge in [-0.2, -0.15) is 0 Å². The number of ether oxygens (including phenoxy) is 2. The Balaban J connectivity index is 2.33. The molecule has 0 aliphatic carbocycles. The highest BCUT2D eigenvalue weighted by molar-refractivity contribution is 5.76. The maximum absolute atomic E-state index is 12.1. The van der Waals surface area contributed by atoms with E-state index in [1.54, 1.807) is 24.3 Å². The van der Waals surface area contributed by atoms with E-state index < -0.39 is 0 Å². The molecule has 0 N–H and O–H groups in total. The monoisotopic (exact) mass is 390 g/mol. The van der Waals surface area contributed by atoms with Gasteiger partial charge in [-0.25, -0.2) is 0 Å². The molecule has 1 rings (SSSR count). The van der Waals surface area contributed by atoms with Gasteiger partial charge in [0.05, 0.1) is 0 Å². The van der Waals surface area contributed by atoms with Crippen molar-refractivity contribution in [3.8, 4) is 11.5 Å². The molecule has 4 heteroatoms. The molecule has 0 heterocycles. The van der Waals surface area contributed by atoms with Crippen LogP contribution in [-0.4, -0.2) is 11.9 Å². The van der Waals surface area contributed by atoms with Gasteiger partial charge in [0.1, 0.15) is 0 Å². The standard InChI is InChI=1S/C24H38O4/c1-4-5-6-7-11-18-23(25)27-21-16-13-14-17-22(21)28-24(26)19-12-9-8-10-15-20(2)3/h13-14,16-17,20H,4-12,15,18-19H2,1-3H3. The number of para-hydroxylation sites is 2. The maximum Gasteiger partial charge on any atom is 0.311 e. The molecule has 0 spiro atoms. The number of unbranched alkanes of at least 4 members (excludes halogenated alkanes) is 7. The average molecular weight is 391 g/mol. The predicted molar refractivity (Wildman–Crippen MR) is 114 cm³/mol. The topological polar surface area (TPSA) is 52.6 Å². The van der Waals surface area contributed by atoms with Crippen molar-refractivity contribution in [2.45, 2.75) is 97.8 Å². The summed E-state index contributed by atoms with van der Waals surface area (Å²) < 4.78 is 10.8. The first-order valence-electron chi connectivity index (χ1n) is 11.0. The molecule has 0 saturated carbocycles. The Bertz CT molecular complexity index is 565. The van der Waals surface area contributed by atoms with E-state index in [9.17, 15) is 9.59 Å². The smallest absolute Gasteiger partial charge is 0.311 e. The van der Waals surface area contributed by atoms with E-state index in [-0.39, 0.29) is 11.9 Å². The first-order valence-corrected chi connectivity index (χ1v) is 11.0. The highest BCUT2D eigenvalue weighted by atomic mass is 16.6. The molecule has 0 aromatic heterocycles. The average Bonchev–Trinajstić information content (AvgIpc) is 2.65. The lowest BCUT2D eigenvalue weighted by Crippen LogP contribution is -2.12. The van der Waals surface area contributed by atoms with Crippen molar-refractivity contribution in [2.75, 3.05) is 0 Å². The van der Waals surface area contributed by atoms with Crippen molar-refractivity contribution in [1.29, 1.82) is 0 Å². The Morgan fingerprint density at radius 1 is 0.750 bits per heavy atom. The predicted octanol–water partition coefficient (Wildman–Crippen LogP) is 6.85. The number of benzene rings is 1. The number of carbonyl (C=O) groups is 2. The summed E-state index contributed by atoms with van der Waals surface area (Å²) in [6, 6.07) is 6.89. The summed E-state index contributed by atoms with van der Waals surface area (Å²) in [5.74, 6) is 0.843. The van der Waals surface area contributed by atoms with Crippen molar-refractivity contribution in [1.82, 2.24) is 0 Å². The molecule has 0 unspecified atom stereocenters. The van der Waals surface area contributed by atoms with Crippen LogP contribution in [0.15, 0.2) is 24.3 Å². The summed E-state index contributed by atoms with van der Waals surface area (Å²) in [5, 5.41) is 0. The molecule has 0 fully saturated rings. The van der Waals surface area contributed by atoms with E-state index in [1.165, 1.54) is 25.7 Å². The fraction of sp³-hybridized carbons (Fsp3) is 0.667. The lowest BCUT2D eigenvalue weighted by molar-refractivity contribution is -0.137. The van der Waals surface area contributed by atoms with Gasteiger partial charge in [0.25, 0.3) is 0 Å². The van der Waals surface area contributed by atoms with Gasteiger partial charge in [-0.1, -0.05) is 84.3 Å². The molecular formula is C24H38O4. The van der Waals surface area contributed by atoms with E-state index in [0.717, 1.165) is 44.4 Å². The molecule has 0 radical (unpaired) electrons. The zero-order valence-corrected chi connectivity index (χ0v) is 18.0. The highest BCUT2D eigenvalue weighted by Gasteiger charge is 2.13. The quantitative estimate of drug-likeness (QED) is 0.187. The van der Waals surface area contributed by atoms with E-state index in [0.29, 0.717) is 24.3 Å². The third-order valence-corrected chi connectivity index (χ3v) is 4.69. The maximum atomic E-state index is 12.1. The van der Waals surface area contributed by atoms with Crippen LogP contribution in [0.25, 0.3) is 0 Å². The van der Waals surface area contributed by atoms with Crippen LogP contribution in [-0.2, 0) is 9.59 Å². The largest absolute Gasteiger partial charge is 0.423 e. The van der Waals surface area contributed by atoms with E-state index in [4.69, 9.17) is 9.47 Å². The van der Waals surface area contributed by atoms with E-state index >= 15 is 0 Å². The molecule has 1 aromatic carbocycles. The van der Waals surface area contributed by atoms with Crippen molar-refractivity contribution >= 4 is 11.9 Å². The summed E-state index contributed by atoms with van der Waals surface area (Å²) in [5.41, 5.74) is 0. The van der Waals surface area contributed by atoms with Gasteiger partial charge in [-0.3, -0.25) is 9.59 Å². The molecule has 0 atom stereocenters. The molecule has 0 amide bonds. The molecule has 0 bridgehead atoms. The van der Waals surface area contributed by atoms with Crippen LogP contribution in [0.4, 0.5) is 0 Å². The first kappa shape index (κ1) is 24.2. The Kier molecular flexibility index (Phi) is 13.1. The molecule has 0 aliphatic rings. The summed E-state index contributed by atoms with van der Waals surface area (Å²) in [6.45, 7) is 6.63. The molecule has 4 nitrogen and oxygen atoms in total. The lowest BCUT2D eigenvalue weighted by atomic mass is 10.0. The van der Waals surface area contributed by atoms with E-state index in [1.807, 2.05) is 0 Å². The van der Waals surface area contributed by atoms with Crippen LogP contribution in [0.5, 0.6) is 11.5 Å². The van der Waals surface area contributed by atoms with Gasteiger partial charge in [-0.15, -0.1) is 0 Å². The SMILES string of the molecule is CCCCCCCC(=O)Oc1ccccc1OC(=O)CCCCCCC(C)C. The summed E-state index contributed by atoms with van der Waals surface area (Å²) in [4.78, 5) is 24.1. The summed E-state index contributed by atoms with van der Waals surface area (Å²) in [7, 11) is 0. The molecule has 1 aromatic rings. The van der Waals surface area contributed by atoms with Gasteiger partial charge >= 0.3 is 11.9 Å². The van der Waals surface area contributed by atoms with Gasteiger partial charge in [0.15, 0.2) is 11.5 Å². The molecule has 158 valence electrons. The molecule has 0 aliphatic heterocycles. The van der Waals surface area contributed by atoms with Gasteiger partial charge in [0.2, 0.25) is 0 Å². The van der Waals surface area contributed by atoms with Crippen LogP contribution in [0.2, 0.25) is 0 Å². The minimum Gasteiger partial charge on any atom is -0.423 e. The van der Waals surface area contributed by atoms with Gasteiger partial charge in [0, 0.05) is 12.8 Å². The number of hydrogen-bond donors (Lipinski definition) is 0. The number of rotatable bonds is 15. The van der Waals surface area contributed by atoms with Crippen LogP contribution in [0, 0.1) is 5.92 Å². The van der Waals surface area contributed by atoms with Crippen LogP contribution >= 0.6 is 0 Å². The normalized spacial score (nSPS) is 10.9. The van der Waals surface area contributed by atoms with E-state index in [2.05, 4.69) is 20.8 Å². The minimum absolute atomic E-state index is 0.271. The van der Waals surface area contributed by atoms with Crippen molar-refractivity contribution in [2.24, 2.45) is 5.92 Å². The zero-order chi connectivity index (χ0) is 20.6. The summed E-state index contributed by atoms with van der Waals surface area (Å²) >= 11 is 0. The molecule has 0 saturated heterocycles. The second kappa shape index (κ2) is 15.1. The number of carbonyl (C=O) groups excluding carboxylic acids is 2. The summed E-state index contributed by atoms with van der Waals surface area (Å²) in [6.07, 6.45) is 11.6. The first-order chi connectivity index (χ1) is 13.5. The fourth-order valence-corrected chi connectivity index (χ4v) is 3.01. The molecule has 28 heavy (non-hydrogen) atoms. The Morgan fingerprint density at radius 3 is 1.68 bits per heavy atom. The number of esters is 2. The minimum atomic E-state index is -0.273. The highest BCUT2D eigenvalue weighted by Crippen LogP contribution is 2.27. The zero-order valence-electron chi connectivity index (χ0n) is 18.0. The van der Waals surface area contributed by atoms with Crippen LogP contribution in [0.1, 0.15) is 97.8 Å². The Labute approximate surface area is 171 Å². The van der Waals surface area contributed by atoms with Crippen molar-refractivity contribution in [3.05, 3.63) is 24.3 Å². The van der Waals surface area contributed by atoms with Crippen LogP contribution < -0.4 is 9.47 Å². The lowest BCUT2D eigenvalue weighted by Gasteiger charge is -2.10. The Morgan fingerprint density at radius 2 is 1.21 bits per heavy atom. The third-order valence-electron chi connectivity index (χ3n) is 4.69. The van der Waals surface area contributed by atoms with Crippen molar-refractivity contribution in [3.63, 3.8) is 0 Å². The third kappa shape index (κ3) is 11.8. The second-order valence-corrected chi connectivity index (χ2v) is 7.91. The van der Waals surface area contributed by atoms with Crippen LogP contribution in [0.3, 0.4) is 0 Å². The van der Waals surface area contributed by atoms with Gasteiger partial charge in [-0.05, 0) is 30.9 Å².